The van der Waals surface area contributed by atoms with Crippen LogP contribution in [0.4, 0.5) is 5.95 Å². The maximum absolute atomic E-state index is 4.56. The minimum atomic E-state index is 0.341. The molecule has 0 aliphatic heterocycles. The Balaban J connectivity index is 1.67. The molecule has 1 aromatic carbocycles. The second kappa shape index (κ2) is 6.75. The van der Waals surface area contributed by atoms with Gasteiger partial charge in [0.15, 0.2) is 5.65 Å². The Bertz CT molecular complexity index is 1090. The molecule has 4 rings (SSSR count). The second-order valence-electron chi connectivity index (χ2n) is 6.70. The highest BCUT2D eigenvalue weighted by Gasteiger charge is 2.15. The molecule has 0 bridgehead atoms. The Morgan fingerprint density at radius 2 is 1.96 bits per heavy atom. The van der Waals surface area contributed by atoms with Gasteiger partial charge in [0.05, 0.1) is 13.2 Å². The summed E-state index contributed by atoms with van der Waals surface area (Å²) in [7, 11) is 1.75. The highest BCUT2D eigenvalue weighted by molar-refractivity contribution is 5.60. The van der Waals surface area contributed by atoms with E-state index in [0.717, 1.165) is 22.3 Å². The van der Waals surface area contributed by atoms with Gasteiger partial charge in [0.2, 0.25) is 11.8 Å². The monoisotopic (exact) mass is 363 g/mol. The van der Waals surface area contributed by atoms with Crippen molar-refractivity contribution in [3.8, 4) is 11.4 Å². The molecule has 3 aromatic heterocycles. The third kappa shape index (κ3) is 3.23. The lowest BCUT2D eigenvalue weighted by molar-refractivity contribution is 0.630. The van der Waals surface area contributed by atoms with Crippen LogP contribution in [0, 0.1) is 6.92 Å². The van der Waals surface area contributed by atoms with E-state index in [-0.39, 0.29) is 0 Å². The first kappa shape index (κ1) is 17.1. The van der Waals surface area contributed by atoms with Crippen LogP contribution in [0.3, 0.4) is 0 Å². The Labute approximate surface area is 156 Å². The van der Waals surface area contributed by atoms with Crippen LogP contribution in [-0.2, 0) is 13.6 Å². The lowest BCUT2D eigenvalue weighted by atomic mass is 10.1. The number of rotatable bonds is 5. The van der Waals surface area contributed by atoms with E-state index in [1.165, 1.54) is 4.80 Å². The number of anilines is 1. The molecular formula is C18H21N9. The molecule has 0 amide bonds. The summed E-state index contributed by atoms with van der Waals surface area (Å²) in [6.45, 7) is 6.70. The van der Waals surface area contributed by atoms with E-state index in [1.807, 2.05) is 37.4 Å². The van der Waals surface area contributed by atoms with E-state index in [2.05, 4.69) is 49.6 Å². The van der Waals surface area contributed by atoms with Crippen molar-refractivity contribution in [2.45, 2.75) is 33.2 Å². The van der Waals surface area contributed by atoms with Gasteiger partial charge < -0.3 is 5.32 Å². The Hall–Kier alpha value is -3.36. The normalized spacial score (nSPS) is 11.4. The first-order valence-electron chi connectivity index (χ1n) is 8.81. The van der Waals surface area contributed by atoms with Crippen LogP contribution in [0.5, 0.6) is 0 Å². The molecule has 0 fully saturated rings. The molecule has 0 aliphatic rings. The average molecular weight is 363 g/mol. The lowest BCUT2D eigenvalue weighted by Crippen LogP contribution is -2.10. The molecule has 0 radical (unpaired) electrons. The van der Waals surface area contributed by atoms with Crippen LogP contribution in [0.2, 0.25) is 0 Å². The van der Waals surface area contributed by atoms with Crippen molar-refractivity contribution in [1.82, 2.24) is 39.8 Å². The van der Waals surface area contributed by atoms with Gasteiger partial charge in [-0.05, 0) is 23.6 Å². The first-order valence-corrected chi connectivity index (χ1v) is 8.81. The van der Waals surface area contributed by atoms with E-state index in [4.69, 9.17) is 0 Å². The number of aryl methyl sites for hydroxylation is 2. The zero-order valence-electron chi connectivity index (χ0n) is 15.7. The molecule has 0 saturated heterocycles. The van der Waals surface area contributed by atoms with E-state index in [9.17, 15) is 0 Å². The Morgan fingerprint density at radius 1 is 1.15 bits per heavy atom. The van der Waals surface area contributed by atoms with E-state index in [0.29, 0.717) is 30.1 Å². The number of aromatic nitrogens is 8. The molecule has 0 aliphatic carbocycles. The largest absolute Gasteiger partial charge is 0.350 e. The van der Waals surface area contributed by atoms with Crippen molar-refractivity contribution < 1.29 is 0 Å². The fourth-order valence-corrected chi connectivity index (χ4v) is 2.98. The molecule has 27 heavy (non-hydrogen) atoms. The fraction of sp³-hybridized carbons (Fsp3) is 0.333. The predicted octanol–water partition coefficient (Wildman–Crippen LogP) is 2.36. The minimum Gasteiger partial charge on any atom is -0.350 e. The topological polar surface area (TPSA) is 98.7 Å². The minimum absolute atomic E-state index is 0.341. The summed E-state index contributed by atoms with van der Waals surface area (Å²) in [5.74, 6) is 2.30. The Kier molecular flexibility index (Phi) is 4.27. The number of hydrogen-bond acceptors (Lipinski definition) is 7. The summed E-state index contributed by atoms with van der Waals surface area (Å²) >= 11 is 0. The molecule has 9 nitrogen and oxygen atoms in total. The van der Waals surface area contributed by atoms with Crippen LogP contribution >= 0.6 is 0 Å². The molecule has 0 atom stereocenters. The van der Waals surface area contributed by atoms with E-state index in [1.54, 1.807) is 11.6 Å². The summed E-state index contributed by atoms with van der Waals surface area (Å²) in [6.07, 6.45) is 1.86. The summed E-state index contributed by atoms with van der Waals surface area (Å²) in [6, 6.07) is 7.97. The molecule has 3 heterocycles. The third-order valence-corrected chi connectivity index (χ3v) is 4.33. The zero-order valence-corrected chi connectivity index (χ0v) is 15.7. The summed E-state index contributed by atoms with van der Waals surface area (Å²) in [5, 5.41) is 20.2. The molecule has 1 N–H and O–H groups in total. The summed E-state index contributed by atoms with van der Waals surface area (Å²) in [5.41, 5.74) is 3.92. The van der Waals surface area contributed by atoms with Gasteiger partial charge in [-0.3, -0.25) is 0 Å². The van der Waals surface area contributed by atoms with Gasteiger partial charge in [-0.1, -0.05) is 38.1 Å². The smallest absolute Gasteiger partial charge is 0.227 e. The van der Waals surface area contributed by atoms with Crippen LogP contribution in [0.1, 0.15) is 36.7 Å². The maximum atomic E-state index is 4.56. The summed E-state index contributed by atoms with van der Waals surface area (Å²) in [4.78, 5) is 10.5. The quantitative estimate of drug-likeness (QED) is 0.581. The van der Waals surface area contributed by atoms with Gasteiger partial charge in [0.1, 0.15) is 5.82 Å². The molecule has 0 spiro atoms. The van der Waals surface area contributed by atoms with E-state index < -0.39 is 0 Å². The van der Waals surface area contributed by atoms with Crippen molar-refractivity contribution in [1.29, 1.82) is 0 Å². The van der Waals surface area contributed by atoms with Crippen LogP contribution in [-0.4, -0.2) is 39.8 Å². The molecule has 4 aromatic rings. The molecule has 0 saturated carbocycles. The SMILES string of the molecule is Cc1nc(NCc2ccccc2-c2nnn(C)n2)n2ncc(C(C)C)c2n1. The molecule has 9 heteroatoms. The van der Waals surface area contributed by atoms with Crippen molar-refractivity contribution in [3.63, 3.8) is 0 Å². The van der Waals surface area contributed by atoms with Gasteiger partial charge in [-0.15, -0.1) is 10.2 Å². The fourth-order valence-electron chi connectivity index (χ4n) is 2.98. The number of benzene rings is 1. The number of nitrogens with one attached hydrogen (secondary N) is 1. The predicted molar refractivity (Wildman–Crippen MR) is 101 cm³/mol. The van der Waals surface area contributed by atoms with Crippen molar-refractivity contribution >= 4 is 11.6 Å². The van der Waals surface area contributed by atoms with Gasteiger partial charge in [0, 0.05) is 17.7 Å². The first-order chi connectivity index (χ1) is 13.0. The third-order valence-electron chi connectivity index (χ3n) is 4.33. The van der Waals surface area contributed by atoms with Crippen LogP contribution in [0.25, 0.3) is 17.0 Å². The number of nitrogens with zero attached hydrogens (tertiary/aromatic N) is 8. The maximum Gasteiger partial charge on any atom is 0.227 e. The second-order valence-corrected chi connectivity index (χ2v) is 6.70. The molecule has 138 valence electrons. The number of tetrazole rings is 1. The highest BCUT2D eigenvalue weighted by Crippen LogP contribution is 2.23. The summed E-state index contributed by atoms with van der Waals surface area (Å²) < 4.78 is 1.76. The lowest BCUT2D eigenvalue weighted by Gasteiger charge is -2.11. The number of fused-ring (bicyclic) bond motifs is 1. The zero-order chi connectivity index (χ0) is 19.0. The van der Waals surface area contributed by atoms with Crippen LogP contribution < -0.4 is 5.32 Å². The van der Waals surface area contributed by atoms with Crippen molar-refractivity contribution in [3.05, 3.63) is 47.4 Å². The standard InChI is InChI=1S/C18H21N9/c1-11(2)15-10-20-27-17(15)21-12(3)22-18(27)19-9-13-7-5-6-8-14(13)16-23-25-26(4)24-16/h5-8,10-11H,9H2,1-4H3,(H,19,21,22). The van der Waals surface area contributed by atoms with Gasteiger partial charge in [0.25, 0.3) is 0 Å². The molecule has 0 unspecified atom stereocenters. The van der Waals surface area contributed by atoms with Gasteiger partial charge >= 0.3 is 0 Å². The average Bonchev–Trinajstić information content (AvgIpc) is 3.26. The van der Waals surface area contributed by atoms with Crippen molar-refractivity contribution in [2.75, 3.05) is 5.32 Å². The van der Waals surface area contributed by atoms with Crippen LogP contribution in [0.15, 0.2) is 30.5 Å². The van der Waals surface area contributed by atoms with E-state index >= 15 is 0 Å². The van der Waals surface area contributed by atoms with Crippen molar-refractivity contribution in [2.24, 2.45) is 7.05 Å². The Morgan fingerprint density at radius 3 is 2.70 bits per heavy atom. The number of hydrogen-bond donors (Lipinski definition) is 1. The van der Waals surface area contributed by atoms with Gasteiger partial charge in [-0.25, -0.2) is 4.98 Å². The highest BCUT2D eigenvalue weighted by atomic mass is 15.6. The molecular weight excluding hydrogens is 342 g/mol. The van der Waals surface area contributed by atoms with Gasteiger partial charge in [-0.2, -0.15) is 19.4 Å².